The molecule has 0 spiro atoms. The van der Waals surface area contributed by atoms with E-state index in [1.807, 2.05) is 41.8 Å². The summed E-state index contributed by atoms with van der Waals surface area (Å²) in [5, 5.41) is 15.6. The number of urea groups is 1. The van der Waals surface area contributed by atoms with E-state index < -0.39 is 11.9 Å². The van der Waals surface area contributed by atoms with Crippen molar-refractivity contribution in [3.63, 3.8) is 0 Å². The number of imide groups is 1. The molecule has 3 rings (SSSR count). The summed E-state index contributed by atoms with van der Waals surface area (Å²) in [4.78, 5) is 25.1. The Balaban J connectivity index is 1.49. The smallest absolute Gasteiger partial charge is 0.321 e. The summed E-state index contributed by atoms with van der Waals surface area (Å²) in [7, 11) is 0. The highest BCUT2D eigenvalue weighted by Crippen LogP contribution is 2.26. The molecule has 2 heterocycles. The maximum Gasteiger partial charge on any atom is 0.321 e. The lowest BCUT2D eigenvalue weighted by molar-refractivity contribution is -0.117. The van der Waals surface area contributed by atoms with Gasteiger partial charge in [-0.3, -0.25) is 10.1 Å². The number of nitrogens with zero attached hydrogens (tertiary/aromatic N) is 3. The Kier molecular flexibility index (Phi) is 7.34. The number of hydrogen-bond donors (Lipinski definition) is 3. The lowest BCUT2D eigenvalue weighted by Gasteiger charge is -2.19. The molecule has 2 aromatic heterocycles. The van der Waals surface area contributed by atoms with Crippen molar-refractivity contribution in [3.05, 3.63) is 52.2 Å². The highest BCUT2D eigenvalue weighted by atomic mass is 32.2. The summed E-state index contributed by atoms with van der Waals surface area (Å²) >= 11 is 2.74. The number of nitrogens with two attached hydrogens (primary N) is 1. The topological polar surface area (TPSA) is 115 Å². The first kappa shape index (κ1) is 22.8. The molecule has 0 radical (unpaired) electrons. The van der Waals surface area contributed by atoms with Crippen LogP contribution in [0.25, 0.3) is 11.4 Å². The third-order valence-corrected chi connectivity index (χ3v) is 6.38. The molecule has 8 nitrogen and oxygen atoms in total. The second kappa shape index (κ2) is 9.97. The summed E-state index contributed by atoms with van der Waals surface area (Å²) in [6.07, 6.45) is 0.726. The van der Waals surface area contributed by atoms with Crippen LogP contribution in [-0.4, -0.2) is 39.1 Å². The van der Waals surface area contributed by atoms with Crippen LogP contribution in [0.4, 0.5) is 4.79 Å². The predicted molar refractivity (Wildman–Crippen MR) is 125 cm³/mol. The fourth-order valence-electron chi connectivity index (χ4n) is 2.78. The van der Waals surface area contributed by atoms with Gasteiger partial charge in [-0.25, -0.2) is 9.47 Å². The average molecular weight is 459 g/mol. The van der Waals surface area contributed by atoms with Gasteiger partial charge in [0.15, 0.2) is 5.82 Å². The number of thioether (sulfide) groups is 1. The summed E-state index contributed by atoms with van der Waals surface area (Å²) in [5.41, 5.74) is 2.10. The van der Waals surface area contributed by atoms with Gasteiger partial charge in [0.2, 0.25) is 11.1 Å². The van der Waals surface area contributed by atoms with E-state index in [-0.39, 0.29) is 11.2 Å². The predicted octanol–water partition coefficient (Wildman–Crippen LogP) is 3.18. The number of nitrogen functional groups attached to an aromatic ring is 1. The molecule has 164 valence electrons. The van der Waals surface area contributed by atoms with Gasteiger partial charge < -0.3 is 11.2 Å². The van der Waals surface area contributed by atoms with Gasteiger partial charge in [0.25, 0.3) is 0 Å². The van der Waals surface area contributed by atoms with Crippen molar-refractivity contribution >= 4 is 35.0 Å². The molecule has 0 saturated carbocycles. The maximum atomic E-state index is 12.0. The Morgan fingerprint density at radius 2 is 1.90 bits per heavy atom. The van der Waals surface area contributed by atoms with E-state index in [1.54, 1.807) is 11.3 Å². The summed E-state index contributed by atoms with van der Waals surface area (Å²) in [6, 6.07) is 11.4. The second-order valence-corrected chi connectivity index (χ2v) is 9.90. The van der Waals surface area contributed by atoms with Crippen LogP contribution in [0.15, 0.2) is 46.9 Å². The number of hydrogen-bond acceptors (Lipinski definition) is 7. The molecule has 0 unspecified atom stereocenters. The quantitative estimate of drug-likeness (QED) is 0.370. The molecule has 0 aliphatic carbocycles. The van der Waals surface area contributed by atoms with Crippen LogP contribution in [0.1, 0.15) is 31.2 Å². The fraction of sp³-hybridized carbons (Fsp3) is 0.333. The molecule has 3 amide bonds. The van der Waals surface area contributed by atoms with Gasteiger partial charge in [0, 0.05) is 17.0 Å². The first-order valence-corrected chi connectivity index (χ1v) is 11.6. The third kappa shape index (κ3) is 6.31. The Bertz CT molecular complexity index is 1020. The van der Waals surface area contributed by atoms with Gasteiger partial charge >= 0.3 is 6.03 Å². The number of carbonyl (C=O) groups excluding carboxylic acids is 2. The normalized spacial score (nSPS) is 11.3. The summed E-state index contributed by atoms with van der Waals surface area (Å²) in [6.45, 7) is 6.91. The van der Waals surface area contributed by atoms with E-state index in [1.165, 1.54) is 15.1 Å². The Hall–Kier alpha value is -2.85. The number of amides is 3. The van der Waals surface area contributed by atoms with E-state index in [0.717, 1.165) is 23.7 Å². The number of carbonyl (C=O) groups is 2. The van der Waals surface area contributed by atoms with E-state index in [0.29, 0.717) is 17.5 Å². The van der Waals surface area contributed by atoms with Gasteiger partial charge in [-0.05, 0) is 28.8 Å². The zero-order chi connectivity index (χ0) is 22.4. The zero-order valence-corrected chi connectivity index (χ0v) is 19.3. The molecule has 4 N–H and O–H groups in total. The van der Waals surface area contributed by atoms with E-state index in [4.69, 9.17) is 5.84 Å². The van der Waals surface area contributed by atoms with Gasteiger partial charge in [0.05, 0.1) is 5.75 Å². The molecule has 0 aliphatic rings. The summed E-state index contributed by atoms with van der Waals surface area (Å²) in [5.74, 6) is 6.19. The molecule has 0 aliphatic heterocycles. The van der Waals surface area contributed by atoms with Crippen LogP contribution in [-0.2, 0) is 16.6 Å². The van der Waals surface area contributed by atoms with Crippen LogP contribution in [0.2, 0.25) is 0 Å². The number of rotatable bonds is 7. The van der Waals surface area contributed by atoms with Crippen molar-refractivity contribution in [3.8, 4) is 11.4 Å². The minimum Gasteiger partial charge on any atom is -0.337 e. The van der Waals surface area contributed by atoms with E-state index in [9.17, 15) is 9.59 Å². The first-order chi connectivity index (χ1) is 14.7. The Morgan fingerprint density at radius 3 is 2.55 bits per heavy atom. The number of benzene rings is 1. The van der Waals surface area contributed by atoms with E-state index in [2.05, 4.69) is 41.6 Å². The average Bonchev–Trinajstić information content (AvgIpc) is 3.35. The molecule has 10 heteroatoms. The molecular weight excluding hydrogens is 432 g/mol. The lowest BCUT2D eigenvalue weighted by atomic mass is 9.87. The van der Waals surface area contributed by atoms with Gasteiger partial charge in [-0.1, -0.05) is 62.9 Å². The molecule has 31 heavy (non-hydrogen) atoms. The van der Waals surface area contributed by atoms with Crippen LogP contribution >= 0.6 is 23.1 Å². The number of aromatic nitrogens is 3. The van der Waals surface area contributed by atoms with Crippen LogP contribution in [0, 0.1) is 0 Å². The molecule has 0 bridgehead atoms. The first-order valence-electron chi connectivity index (χ1n) is 9.78. The summed E-state index contributed by atoms with van der Waals surface area (Å²) < 4.78 is 1.35. The van der Waals surface area contributed by atoms with Crippen LogP contribution in [0.5, 0.6) is 0 Å². The standard InChI is InChI=1S/C21H26N6O2S2/c1-21(2,3)15-8-6-14(7-9-15)18-25-26-20(27(18)22)31-13-17(28)24-19(29)23-11-10-16-5-4-12-30-16/h4-9,12H,10-11,13,22H2,1-3H3,(H2,23,24,28,29). The molecule has 1 aromatic carbocycles. The highest BCUT2D eigenvalue weighted by molar-refractivity contribution is 7.99. The van der Waals surface area contributed by atoms with Crippen molar-refractivity contribution in [1.29, 1.82) is 0 Å². The SMILES string of the molecule is CC(C)(C)c1ccc(-c2nnc(SCC(=O)NC(=O)NCCc3cccs3)n2N)cc1. The third-order valence-electron chi connectivity index (χ3n) is 4.50. The fourth-order valence-corrected chi connectivity index (χ4v) is 4.15. The Labute approximate surface area is 189 Å². The van der Waals surface area contributed by atoms with Crippen molar-refractivity contribution in [2.45, 2.75) is 37.8 Å². The van der Waals surface area contributed by atoms with Gasteiger partial charge in [-0.2, -0.15) is 0 Å². The molecule has 0 saturated heterocycles. The van der Waals surface area contributed by atoms with Crippen LogP contribution < -0.4 is 16.5 Å². The molecule has 3 aromatic rings. The van der Waals surface area contributed by atoms with Crippen molar-refractivity contribution in [2.75, 3.05) is 18.1 Å². The highest BCUT2D eigenvalue weighted by Gasteiger charge is 2.17. The maximum absolute atomic E-state index is 12.0. The number of thiophene rings is 1. The van der Waals surface area contributed by atoms with E-state index >= 15 is 0 Å². The largest absolute Gasteiger partial charge is 0.337 e. The van der Waals surface area contributed by atoms with Gasteiger partial charge in [-0.15, -0.1) is 21.5 Å². The van der Waals surface area contributed by atoms with Crippen molar-refractivity contribution < 1.29 is 9.59 Å². The van der Waals surface area contributed by atoms with Crippen LogP contribution in [0.3, 0.4) is 0 Å². The molecule has 0 atom stereocenters. The van der Waals surface area contributed by atoms with Crippen molar-refractivity contribution in [1.82, 2.24) is 25.5 Å². The monoisotopic (exact) mass is 458 g/mol. The Morgan fingerprint density at radius 1 is 1.16 bits per heavy atom. The zero-order valence-electron chi connectivity index (χ0n) is 17.7. The number of nitrogens with one attached hydrogen (secondary N) is 2. The molecule has 0 fully saturated rings. The molecular formula is C21H26N6O2S2. The van der Waals surface area contributed by atoms with Crippen molar-refractivity contribution in [2.24, 2.45) is 0 Å². The minimum absolute atomic E-state index is 0.00333. The second-order valence-electron chi connectivity index (χ2n) is 7.93. The lowest BCUT2D eigenvalue weighted by Crippen LogP contribution is -2.41. The van der Waals surface area contributed by atoms with Gasteiger partial charge in [0.1, 0.15) is 0 Å². The minimum atomic E-state index is -0.518.